The minimum atomic E-state index is -0.381. The molecule has 1 aliphatic rings. The van der Waals surface area contributed by atoms with Crippen molar-refractivity contribution in [2.45, 2.75) is 45.4 Å². The molecule has 2 aromatic rings. The lowest BCUT2D eigenvalue weighted by Gasteiger charge is -2.32. The molecule has 0 saturated carbocycles. The molecule has 2 heterocycles. The second-order valence-electron chi connectivity index (χ2n) is 6.71. The number of nitrogens with zero attached hydrogens (tertiary/aromatic N) is 3. The van der Waals surface area contributed by atoms with Gasteiger partial charge in [0.1, 0.15) is 0 Å². The predicted octanol–water partition coefficient (Wildman–Crippen LogP) is 2.12. The quantitative estimate of drug-likeness (QED) is 0.918. The maximum atomic E-state index is 10.5. The predicted molar refractivity (Wildman–Crippen MR) is 91.7 cm³/mol. The van der Waals surface area contributed by atoms with Gasteiger partial charge >= 0.3 is 0 Å². The molecule has 5 nitrogen and oxygen atoms in total. The van der Waals surface area contributed by atoms with Gasteiger partial charge in [-0.25, -0.2) is 4.98 Å². The molecule has 1 saturated heterocycles. The average molecular weight is 317 g/mol. The van der Waals surface area contributed by atoms with Crippen LogP contribution in [0.15, 0.2) is 18.5 Å². The van der Waals surface area contributed by atoms with E-state index in [-0.39, 0.29) is 6.10 Å². The molecule has 1 aliphatic heterocycles. The number of ether oxygens (including phenoxy) is 1. The van der Waals surface area contributed by atoms with Crippen LogP contribution in [0.2, 0.25) is 0 Å². The fourth-order valence-corrected chi connectivity index (χ4v) is 3.37. The largest absolute Gasteiger partial charge is 0.390 e. The third-order valence-electron chi connectivity index (χ3n) is 4.98. The molecule has 126 valence electrons. The van der Waals surface area contributed by atoms with Gasteiger partial charge in [-0.3, -0.25) is 0 Å². The minimum Gasteiger partial charge on any atom is -0.390 e. The van der Waals surface area contributed by atoms with Crippen LogP contribution in [0.3, 0.4) is 0 Å². The standard InChI is InChI=1S/C18H27N3O2/c1-13-8-17-18(9-14(13)2)21(12-19-17)11-15(22)10-20-6-4-16(23-3)5-7-20/h8-9,12,15-16,22H,4-7,10-11H2,1-3H3. The molecular formula is C18H27N3O2. The van der Waals surface area contributed by atoms with Gasteiger partial charge < -0.3 is 19.3 Å². The molecule has 1 aromatic carbocycles. The highest BCUT2D eigenvalue weighted by Gasteiger charge is 2.21. The van der Waals surface area contributed by atoms with Crippen molar-refractivity contribution in [3.63, 3.8) is 0 Å². The normalized spacial score (nSPS) is 18.6. The number of imidazole rings is 1. The summed E-state index contributed by atoms with van der Waals surface area (Å²) in [4.78, 5) is 6.79. The van der Waals surface area contributed by atoms with E-state index in [9.17, 15) is 5.11 Å². The first-order valence-corrected chi connectivity index (χ1v) is 8.42. The Morgan fingerprint density at radius 1 is 1.22 bits per heavy atom. The molecule has 0 bridgehead atoms. The molecule has 1 atom stereocenters. The smallest absolute Gasteiger partial charge is 0.0959 e. The van der Waals surface area contributed by atoms with E-state index in [0.29, 0.717) is 19.2 Å². The van der Waals surface area contributed by atoms with Gasteiger partial charge in [-0.2, -0.15) is 0 Å². The maximum Gasteiger partial charge on any atom is 0.0959 e. The molecule has 0 aliphatic carbocycles. The first-order chi connectivity index (χ1) is 11.1. The number of hydrogen-bond donors (Lipinski definition) is 1. The highest BCUT2D eigenvalue weighted by Crippen LogP contribution is 2.19. The van der Waals surface area contributed by atoms with Crippen molar-refractivity contribution in [2.24, 2.45) is 0 Å². The van der Waals surface area contributed by atoms with Crippen molar-refractivity contribution in [3.05, 3.63) is 29.6 Å². The molecule has 1 unspecified atom stereocenters. The second-order valence-corrected chi connectivity index (χ2v) is 6.71. The minimum absolute atomic E-state index is 0.381. The number of aromatic nitrogens is 2. The lowest BCUT2D eigenvalue weighted by Crippen LogP contribution is -2.41. The van der Waals surface area contributed by atoms with Crippen molar-refractivity contribution in [1.82, 2.24) is 14.5 Å². The van der Waals surface area contributed by atoms with Crippen molar-refractivity contribution < 1.29 is 9.84 Å². The van der Waals surface area contributed by atoms with Crippen LogP contribution in [0, 0.1) is 13.8 Å². The zero-order valence-corrected chi connectivity index (χ0v) is 14.3. The zero-order valence-electron chi connectivity index (χ0n) is 14.3. The van der Waals surface area contributed by atoms with Crippen molar-refractivity contribution in [2.75, 3.05) is 26.7 Å². The summed E-state index contributed by atoms with van der Waals surface area (Å²) in [6, 6.07) is 4.28. The molecule has 1 N–H and O–H groups in total. The Bertz CT molecular complexity index is 660. The number of benzene rings is 1. The maximum absolute atomic E-state index is 10.5. The summed E-state index contributed by atoms with van der Waals surface area (Å²) >= 11 is 0. The number of piperidine rings is 1. The Morgan fingerprint density at radius 3 is 2.61 bits per heavy atom. The van der Waals surface area contributed by atoms with Gasteiger partial charge in [-0.15, -0.1) is 0 Å². The number of fused-ring (bicyclic) bond motifs is 1. The average Bonchev–Trinajstić information content (AvgIpc) is 2.90. The Kier molecular flexibility index (Phi) is 4.99. The van der Waals surface area contributed by atoms with Crippen molar-refractivity contribution in [3.8, 4) is 0 Å². The molecule has 0 amide bonds. The fourth-order valence-electron chi connectivity index (χ4n) is 3.37. The molecule has 0 spiro atoms. The Balaban J connectivity index is 1.62. The van der Waals surface area contributed by atoms with Crippen molar-refractivity contribution in [1.29, 1.82) is 0 Å². The first kappa shape index (κ1) is 16.4. The van der Waals surface area contributed by atoms with Crippen LogP contribution in [0.1, 0.15) is 24.0 Å². The Labute approximate surface area is 137 Å². The summed E-state index contributed by atoms with van der Waals surface area (Å²) in [7, 11) is 1.78. The summed E-state index contributed by atoms with van der Waals surface area (Å²) < 4.78 is 7.46. The Hall–Kier alpha value is -1.43. The number of methoxy groups -OCH3 is 1. The number of rotatable bonds is 5. The van der Waals surface area contributed by atoms with E-state index in [1.54, 1.807) is 7.11 Å². The molecule has 1 aromatic heterocycles. The summed E-state index contributed by atoms with van der Waals surface area (Å²) in [6.45, 7) is 7.51. The monoisotopic (exact) mass is 317 g/mol. The van der Waals surface area contributed by atoms with Gasteiger partial charge in [-0.05, 0) is 49.9 Å². The SMILES string of the molecule is COC1CCN(CC(O)Cn2cnc3cc(C)c(C)cc32)CC1. The number of aryl methyl sites for hydroxylation is 2. The first-order valence-electron chi connectivity index (χ1n) is 8.42. The highest BCUT2D eigenvalue weighted by molar-refractivity contribution is 5.77. The van der Waals surface area contributed by atoms with Crippen LogP contribution in [-0.2, 0) is 11.3 Å². The summed E-state index contributed by atoms with van der Waals surface area (Å²) in [5.74, 6) is 0. The third-order valence-corrected chi connectivity index (χ3v) is 4.98. The molecule has 3 rings (SSSR count). The van der Waals surface area contributed by atoms with Gasteiger partial charge in [0.25, 0.3) is 0 Å². The number of aliphatic hydroxyl groups excluding tert-OH is 1. The van der Waals surface area contributed by atoms with Gasteiger partial charge in [-0.1, -0.05) is 0 Å². The summed E-state index contributed by atoms with van der Waals surface area (Å²) in [5.41, 5.74) is 4.62. The second kappa shape index (κ2) is 6.99. The molecule has 23 heavy (non-hydrogen) atoms. The van der Waals surface area contributed by atoms with E-state index in [1.165, 1.54) is 11.1 Å². The van der Waals surface area contributed by atoms with Gasteiger partial charge in [0, 0.05) is 26.7 Å². The van der Waals surface area contributed by atoms with Crippen LogP contribution in [0.4, 0.5) is 0 Å². The van der Waals surface area contributed by atoms with Crippen LogP contribution in [0.5, 0.6) is 0 Å². The number of likely N-dealkylation sites (tertiary alicyclic amines) is 1. The van der Waals surface area contributed by atoms with Crippen LogP contribution in [0.25, 0.3) is 11.0 Å². The number of aliphatic hydroxyl groups is 1. The fraction of sp³-hybridized carbons (Fsp3) is 0.611. The topological polar surface area (TPSA) is 50.5 Å². The van der Waals surface area contributed by atoms with E-state index in [2.05, 4.69) is 40.4 Å². The van der Waals surface area contributed by atoms with Gasteiger partial charge in [0.05, 0.1) is 36.1 Å². The van der Waals surface area contributed by atoms with Crippen LogP contribution in [-0.4, -0.2) is 58.5 Å². The Morgan fingerprint density at radius 2 is 1.91 bits per heavy atom. The third kappa shape index (κ3) is 3.74. The number of hydrogen-bond acceptors (Lipinski definition) is 4. The zero-order chi connectivity index (χ0) is 16.4. The lowest BCUT2D eigenvalue weighted by molar-refractivity contribution is 0.0219. The molecule has 0 radical (unpaired) electrons. The molecule has 1 fully saturated rings. The van der Waals surface area contributed by atoms with E-state index < -0.39 is 0 Å². The van der Waals surface area contributed by atoms with E-state index in [4.69, 9.17) is 4.74 Å². The van der Waals surface area contributed by atoms with Crippen LogP contribution < -0.4 is 0 Å². The molecular weight excluding hydrogens is 290 g/mol. The van der Waals surface area contributed by atoms with E-state index in [1.807, 2.05) is 6.33 Å². The van der Waals surface area contributed by atoms with E-state index >= 15 is 0 Å². The van der Waals surface area contributed by atoms with E-state index in [0.717, 1.165) is 37.0 Å². The number of β-amino-alcohol motifs (C(OH)–C–C–N with tert-alkyl or cyclic N) is 1. The lowest BCUT2D eigenvalue weighted by atomic mass is 10.1. The summed E-state index contributed by atoms with van der Waals surface area (Å²) in [6.07, 6.45) is 3.94. The van der Waals surface area contributed by atoms with Gasteiger partial charge in [0.2, 0.25) is 0 Å². The van der Waals surface area contributed by atoms with Gasteiger partial charge in [0.15, 0.2) is 0 Å². The highest BCUT2D eigenvalue weighted by atomic mass is 16.5. The van der Waals surface area contributed by atoms with Crippen molar-refractivity contribution >= 4 is 11.0 Å². The van der Waals surface area contributed by atoms with Crippen LogP contribution >= 0.6 is 0 Å². The molecule has 5 heteroatoms. The summed E-state index contributed by atoms with van der Waals surface area (Å²) in [5, 5.41) is 10.5.